The summed E-state index contributed by atoms with van der Waals surface area (Å²) in [6, 6.07) is 4.54. The minimum Gasteiger partial charge on any atom is -0.338 e. The van der Waals surface area contributed by atoms with Crippen molar-refractivity contribution >= 4 is 16.9 Å². The van der Waals surface area contributed by atoms with Crippen molar-refractivity contribution in [3.63, 3.8) is 0 Å². The van der Waals surface area contributed by atoms with Crippen LogP contribution in [-0.2, 0) is 12.7 Å². The number of unbranched alkanes of at least 4 members (excludes halogenated alkanes) is 1. The van der Waals surface area contributed by atoms with Gasteiger partial charge in [-0.05, 0) is 43.7 Å². The van der Waals surface area contributed by atoms with Crippen molar-refractivity contribution in [1.82, 2.24) is 24.4 Å². The van der Waals surface area contributed by atoms with E-state index in [2.05, 4.69) is 24.8 Å². The Bertz CT molecular complexity index is 1180. The minimum absolute atomic E-state index is 0.101. The molecule has 11 heteroatoms. The molecule has 0 bridgehead atoms. The maximum Gasteiger partial charge on any atom is 0.416 e. The van der Waals surface area contributed by atoms with E-state index in [1.54, 1.807) is 18.5 Å². The Morgan fingerprint density at radius 3 is 2.34 bits per heavy atom. The van der Waals surface area contributed by atoms with Crippen LogP contribution in [0.1, 0.15) is 18.4 Å². The van der Waals surface area contributed by atoms with Crippen molar-refractivity contribution in [3.8, 4) is 0 Å². The third-order valence-corrected chi connectivity index (χ3v) is 5.62. The summed E-state index contributed by atoms with van der Waals surface area (Å²) < 4.78 is 39.9. The minimum atomic E-state index is -4.56. The molecule has 1 N–H and O–H groups in total. The number of nitrogens with one attached hydrogen (secondary N) is 1. The van der Waals surface area contributed by atoms with Crippen molar-refractivity contribution in [2.75, 3.05) is 37.6 Å². The third kappa shape index (κ3) is 4.82. The summed E-state index contributed by atoms with van der Waals surface area (Å²) in [5, 5.41) is -0.140. The molecule has 0 spiro atoms. The highest BCUT2D eigenvalue weighted by Gasteiger charge is 2.31. The van der Waals surface area contributed by atoms with E-state index in [1.165, 1.54) is 0 Å². The molecule has 1 fully saturated rings. The summed E-state index contributed by atoms with van der Waals surface area (Å²) in [5.41, 5.74) is -2.13. The van der Waals surface area contributed by atoms with Gasteiger partial charge in [-0.25, -0.2) is 14.8 Å². The summed E-state index contributed by atoms with van der Waals surface area (Å²) in [6.07, 6.45) is 0.201. The lowest BCUT2D eigenvalue weighted by Crippen LogP contribution is -2.47. The predicted octanol–water partition coefficient (Wildman–Crippen LogP) is 2.10. The molecule has 0 aliphatic carbocycles. The fraction of sp³-hybridized carbons (Fsp3) is 0.429. The van der Waals surface area contributed by atoms with Crippen LogP contribution in [0.2, 0.25) is 0 Å². The molecule has 3 heterocycles. The number of anilines is 1. The van der Waals surface area contributed by atoms with Crippen molar-refractivity contribution in [3.05, 3.63) is 63.1 Å². The van der Waals surface area contributed by atoms with Crippen molar-refractivity contribution < 1.29 is 13.2 Å². The maximum atomic E-state index is 13.0. The number of nitrogens with zero attached hydrogens (tertiary/aromatic N) is 5. The lowest BCUT2D eigenvalue weighted by atomic mass is 10.1. The number of benzene rings is 1. The molecule has 1 saturated heterocycles. The number of hydrogen-bond donors (Lipinski definition) is 1. The lowest BCUT2D eigenvalue weighted by Gasteiger charge is -2.34. The van der Waals surface area contributed by atoms with Crippen LogP contribution in [0.25, 0.3) is 10.9 Å². The zero-order valence-electron chi connectivity index (χ0n) is 17.3. The second-order valence-corrected chi connectivity index (χ2v) is 7.73. The summed E-state index contributed by atoms with van der Waals surface area (Å²) in [5.74, 6) is 0.718. The van der Waals surface area contributed by atoms with Crippen molar-refractivity contribution in [2.24, 2.45) is 0 Å². The Balaban J connectivity index is 1.34. The summed E-state index contributed by atoms with van der Waals surface area (Å²) in [4.78, 5) is 40.3. The average molecular weight is 448 g/mol. The standard InChI is InChI=1S/C21H23F3N6O2/c22-21(23,24)15-4-5-17-16(14-15)18(31)30(20(32)27-17)9-2-1-8-28-10-12-29(13-11-28)19-25-6-3-7-26-19/h3-7,14H,1-2,8-13H2,(H,27,32). The quantitative estimate of drug-likeness (QED) is 0.582. The van der Waals surface area contributed by atoms with E-state index >= 15 is 0 Å². The second-order valence-electron chi connectivity index (χ2n) is 7.73. The number of rotatable bonds is 6. The maximum absolute atomic E-state index is 13.0. The van der Waals surface area contributed by atoms with E-state index in [1.807, 2.05) is 0 Å². The van der Waals surface area contributed by atoms with Crippen LogP contribution in [0.5, 0.6) is 0 Å². The van der Waals surface area contributed by atoms with E-state index in [0.717, 1.165) is 67.9 Å². The zero-order valence-corrected chi connectivity index (χ0v) is 17.3. The fourth-order valence-corrected chi connectivity index (χ4v) is 3.86. The Kier molecular flexibility index (Phi) is 6.26. The second kappa shape index (κ2) is 9.11. The predicted molar refractivity (Wildman–Crippen MR) is 114 cm³/mol. The number of alkyl halides is 3. The number of piperazine rings is 1. The highest BCUT2D eigenvalue weighted by molar-refractivity contribution is 5.78. The van der Waals surface area contributed by atoms with Crippen LogP contribution in [-0.4, -0.2) is 57.1 Å². The fourth-order valence-electron chi connectivity index (χ4n) is 3.86. The molecule has 0 saturated carbocycles. The number of aromatic nitrogens is 4. The number of hydrogen-bond acceptors (Lipinski definition) is 6. The first-order valence-corrected chi connectivity index (χ1v) is 10.4. The molecular weight excluding hydrogens is 425 g/mol. The van der Waals surface area contributed by atoms with Gasteiger partial charge in [-0.2, -0.15) is 13.2 Å². The van der Waals surface area contributed by atoms with E-state index in [0.29, 0.717) is 6.42 Å². The number of halogens is 3. The van der Waals surface area contributed by atoms with Crippen molar-refractivity contribution in [2.45, 2.75) is 25.6 Å². The molecule has 1 aliphatic heterocycles. The number of H-pyrrole nitrogens is 1. The van der Waals surface area contributed by atoms with Gasteiger partial charge in [0.2, 0.25) is 5.95 Å². The number of aromatic amines is 1. The first-order chi connectivity index (χ1) is 15.3. The molecular formula is C21H23F3N6O2. The van der Waals surface area contributed by atoms with Gasteiger partial charge in [0.15, 0.2) is 0 Å². The van der Waals surface area contributed by atoms with Gasteiger partial charge in [-0.1, -0.05) is 0 Å². The highest BCUT2D eigenvalue weighted by atomic mass is 19.4. The first kappa shape index (κ1) is 22.0. The Morgan fingerprint density at radius 2 is 1.66 bits per heavy atom. The summed E-state index contributed by atoms with van der Waals surface area (Å²) in [6.45, 7) is 4.30. The van der Waals surface area contributed by atoms with Gasteiger partial charge in [0.1, 0.15) is 0 Å². The van der Waals surface area contributed by atoms with E-state index in [4.69, 9.17) is 0 Å². The SMILES string of the molecule is O=c1[nH]c2ccc(C(F)(F)F)cc2c(=O)n1CCCCN1CCN(c2ncccn2)CC1. The molecule has 170 valence electrons. The summed E-state index contributed by atoms with van der Waals surface area (Å²) >= 11 is 0. The average Bonchev–Trinajstić information content (AvgIpc) is 2.78. The highest BCUT2D eigenvalue weighted by Crippen LogP contribution is 2.30. The first-order valence-electron chi connectivity index (χ1n) is 10.4. The lowest BCUT2D eigenvalue weighted by molar-refractivity contribution is -0.137. The third-order valence-electron chi connectivity index (χ3n) is 5.62. The van der Waals surface area contributed by atoms with E-state index in [9.17, 15) is 22.8 Å². The largest absolute Gasteiger partial charge is 0.416 e. The van der Waals surface area contributed by atoms with Crippen molar-refractivity contribution in [1.29, 1.82) is 0 Å². The Morgan fingerprint density at radius 1 is 0.969 bits per heavy atom. The molecule has 0 unspecified atom stereocenters. The summed E-state index contributed by atoms with van der Waals surface area (Å²) in [7, 11) is 0. The Labute approximate surface area is 181 Å². The molecule has 8 nitrogen and oxygen atoms in total. The molecule has 4 rings (SSSR count). The Hall–Kier alpha value is -3.21. The molecule has 0 atom stereocenters. The van der Waals surface area contributed by atoms with Crippen LogP contribution in [0.4, 0.5) is 19.1 Å². The van der Waals surface area contributed by atoms with Gasteiger partial charge in [0.05, 0.1) is 16.5 Å². The van der Waals surface area contributed by atoms with E-state index in [-0.39, 0.29) is 17.4 Å². The monoisotopic (exact) mass is 448 g/mol. The normalized spacial score (nSPS) is 15.4. The van der Waals surface area contributed by atoms with Gasteiger partial charge in [-0.3, -0.25) is 14.3 Å². The smallest absolute Gasteiger partial charge is 0.338 e. The molecule has 3 aromatic rings. The topological polar surface area (TPSA) is 87.1 Å². The molecule has 1 aromatic carbocycles. The molecule has 32 heavy (non-hydrogen) atoms. The zero-order chi connectivity index (χ0) is 22.7. The van der Waals surface area contributed by atoms with Gasteiger partial charge >= 0.3 is 11.9 Å². The van der Waals surface area contributed by atoms with Crippen LogP contribution in [0, 0.1) is 0 Å². The van der Waals surface area contributed by atoms with Gasteiger partial charge < -0.3 is 9.88 Å². The van der Waals surface area contributed by atoms with Crippen LogP contribution >= 0.6 is 0 Å². The van der Waals surface area contributed by atoms with Crippen LogP contribution in [0.15, 0.2) is 46.2 Å². The number of fused-ring (bicyclic) bond motifs is 1. The molecule has 0 radical (unpaired) electrons. The molecule has 1 aliphatic rings. The van der Waals surface area contributed by atoms with Gasteiger partial charge in [0, 0.05) is 45.1 Å². The molecule has 0 amide bonds. The van der Waals surface area contributed by atoms with E-state index < -0.39 is 23.0 Å². The van der Waals surface area contributed by atoms with Gasteiger partial charge in [-0.15, -0.1) is 0 Å². The van der Waals surface area contributed by atoms with Crippen LogP contribution in [0.3, 0.4) is 0 Å². The van der Waals surface area contributed by atoms with Crippen LogP contribution < -0.4 is 16.1 Å². The van der Waals surface area contributed by atoms with Gasteiger partial charge in [0.25, 0.3) is 5.56 Å². The molecule has 2 aromatic heterocycles.